The van der Waals surface area contributed by atoms with Crippen LogP contribution in [0.4, 0.5) is 0 Å². The highest BCUT2D eigenvalue weighted by atomic mass is 16.5. The summed E-state index contributed by atoms with van der Waals surface area (Å²) in [6.07, 6.45) is 3.67. The highest BCUT2D eigenvalue weighted by Gasteiger charge is 2.14. The minimum absolute atomic E-state index is 0.231. The van der Waals surface area contributed by atoms with E-state index in [4.69, 9.17) is 4.74 Å². The molecule has 3 aromatic rings. The monoisotopic (exact) mass is 306 g/mol. The fraction of sp³-hybridized carbons (Fsp3) is 0.250. The molecule has 0 saturated heterocycles. The first-order valence-corrected chi connectivity index (χ1v) is 7.92. The molecule has 3 nitrogen and oxygen atoms in total. The van der Waals surface area contributed by atoms with Gasteiger partial charge >= 0.3 is 0 Å². The van der Waals surface area contributed by atoms with Crippen LogP contribution in [0.2, 0.25) is 0 Å². The van der Waals surface area contributed by atoms with Gasteiger partial charge in [0.2, 0.25) is 0 Å². The summed E-state index contributed by atoms with van der Waals surface area (Å²) in [6.45, 7) is 4.38. The summed E-state index contributed by atoms with van der Waals surface area (Å²) < 4.78 is 5.49. The Morgan fingerprint density at radius 2 is 1.57 bits per heavy atom. The molecule has 0 unspecified atom stereocenters. The van der Waals surface area contributed by atoms with Crippen LogP contribution in [0.3, 0.4) is 0 Å². The van der Waals surface area contributed by atoms with Crippen LogP contribution in [-0.2, 0) is 0 Å². The summed E-state index contributed by atoms with van der Waals surface area (Å²) >= 11 is 0. The van der Waals surface area contributed by atoms with Gasteiger partial charge in [-0.15, -0.1) is 0 Å². The molecule has 23 heavy (non-hydrogen) atoms. The van der Waals surface area contributed by atoms with Crippen LogP contribution < -0.4 is 10.1 Å². The standard InChI is InChI=1S/C20H22N2O/c1-14(16-10-12-21-13-11-16)22-15(2)17-8-9-20(23-3)19-7-5-4-6-18(17)19/h4-15,22H,1-3H3/t14-,15+/m0/s1. The van der Waals surface area contributed by atoms with Gasteiger partial charge in [-0.2, -0.15) is 0 Å². The van der Waals surface area contributed by atoms with Crippen molar-refractivity contribution in [3.8, 4) is 5.75 Å². The van der Waals surface area contributed by atoms with Gasteiger partial charge in [-0.1, -0.05) is 30.3 Å². The number of methoxy groups -OCH3 is 1. The lowest BCUT2D eigenvalue weighted by atomic mass is 9.98. The molecule has 1 N–H and O–H groups in total. The van der Waals surface area contributed by atoms with Crippen molar-refractivity contribution in [1.29, 1.82) is 0 Å². The van der Waals surface area contributed by atoms with Gasteiger partial charge in [0.15, 0.2) is 0 Å². The van der Waals surface area contributed by atoms with E-state index in [1.165, 1.54) is 16.5 Å². The van der Waals surface area contributed by atoms with Crippen molar-refractivity contribution in [3.05, 3.63) is 72.1 Å². The first-order chi connectivity index (χ1) is 11.2. The summed E-state index contributed by atoms with van der Waals surface area (Å²) in [5, 5.41) is 6.05. The maximum absolute atomic E-state index is 5.49. The molecule has 2 aromatic carbocycles. The van der Waals surface area contributed by atoms with E-state index in [1.807, 2.05) is 24.5 Å². The molecule has 0 bridgehead atoms. The third kappa shape index (κ3) is 3.20. The number of benzene rings is 2. The van der Waals surface area contributed by atoms with E-state index in [1.54, 1.807) is 7.11 Å². The molecule has 1 heterocycles. The summed E-state index contributed by atoms with van der Waals surface area (Å²) in [5.41, 5.74) is 2.52. The maximum atomic E-state index is 5.49. The van der Waals surface area contributed by atoms with Crippen LogP contribution in [0.15, 0.2) is 60.9 Å². The van der Waals surface area contributed by atoms with E-state index in [2.05, 4.69) is 60.5 Å². The lowest BCUT2D eigenvalue weighted by Gasteiger charge is -2.22. The fourth-order valence-corrected chi connectivity index (χ4v) is 3.06. The predicted molar refractivity (Wildman–Crippen MR) is 94.7 cm³/mol. The van der Waals surface area contributed by atoms with Crippen LogP contribution in [0.1, 0.15) is 37.1 Å². The second kappa shape index (κ2) is 6.80. The number of nitrogens with zero attached hydrogens (tertiary/aromatic N) is 1. The molecular formula is C20H22N2O. The Morgan fingerprint density at radius 3 is 2.26 bits per heavy atom. The molecule has 3 rings (SSSR count). The minimum atomic E-state index is 0.231. The van der Waals surface area contributed by atoms with Crippen molar-refractivity contribution in [2.75, 3.05) is 7.11 Å². The second-order valence-electron chi connectivity index (χ2n) is 5.79. The van der Waals surface area contributed by atoms with Gasteiger partial charge < -0.3 is 10.1 Å². The van der Waals surface area contributed by atoms with Crippen molar-refractivity contribution >= 4 is 10.8 Å². The van der Waals surface area contributed by atoms with E-state index in [0.29, 0.717) is 0 Å². The second-order valence-corrected chi connectivity index (χ2v) is 5.79. The lowest BCUT2D eigenvalue weighted by Crippen LogP contribution is -2.22. The molecule has 3 heteroatoms. The fourth-order valence-electron chi connectivity index (χ4n) is 3.06. The van der Waals surface area contributed by atoms with Crippen LogP contribution >= 0.6 is 0 Å². The third-order valence-corrected chi connectivity index (χ3v) is 4.31. The van der Waals surface area contributed by atoms with Gasteiger partial charge in [-0.3, -0.25) is 4.98 Å². The number of rotatable bonds is 5. The van der Waals surface area contributed by atoms with Crippen molar-refractivity contribution in [3.63, 3.8) is 0 Å². The van der Waals surface area contributed by atoms with Gasteiger partial charge in [0.25, 0.3) is 0 Å². The molecule has 0 fully saturated rings. The molecule has 0 radical (unpaired) electrons. The van der Waals surface area contributed by atoms with Gasteiger partial charge in [0.1, 0.15) is 5.75 Å². The van der Waals surface area contributed by atoms with Crippen molar-refractivity contribution in [2.45, 2.75) is 25.9 Å². The number of hydrogen-bond acceptors (Lipinski definition) is 3. The zero-order valence-electron chi connectivity index (χ0n) is 13.8. The smallest absolute Gasteiger partial charge is 0.126 e. The van der Waals surface area contributed by atoms with E-state index in [0.717, 1.165) is 11.1 Å². The number of ether oxygens (including phenoxy) is 1. The number of nitrogens with one attached hydrogen (secondary N) is 1. The molecule has 2 atom stereocenters. The molecule has 0 saturated carbocycles. The Balaban J connectivity index is 1.91. The lowest BCUT2D eigenvalue weighted by molar-refractivity contribution is 0.419. The topological polar surface area (TPSA) is 34.1 Å². The van der Waals surface area contributed by atoms with Gasteiger partial charge in [-0.05, 0) is 48.6 Å². The molecule has 1 aromatic heterocycles. The van der Waals surface area contributed by atoms with E-state index in [-0.39, 0.29) is 12.1 Å². The van der Waals surface area contributed by atoms with Crippen molar-refractivity contribution < 1.29 is 4.74 Å². The van der Waals surface area contributed by atoms with Crippen molar-refractivity contribution in [1.82, 2.24) is 10.3 Å². The molecule has 0 aliphatic rings. The van der Waals surface area contributed by atoms with E-state index in [9.17, 15) is 0 Å². The Morgan fingerprint density at radius 1 is 0.870 bits per heavy atom. The van der Waals surface area contributed by atoms with Crippen molar-refractivity contribution in [2.24, 2.45) is 0 Å². The zero-order chi connectivity index (χ0) is 16.2. The van der Waals surface area contributed by atoms with Gasteiger partial charge in [0.05, 0.1) is 7.11 Å². The maximum Gasteiger partial charge on any atom is 0.126 e. The molecule has 0 amide bonds. The summed E-state index contributed by atoms with van der Waals surface area (Å²) in [7, 11) is 1.72. The molecule has 118 valence electrons. The average molecular weight is 306 g/mol. The number of pyridine rings is 1. The van der Waals surface area contributed by atoms with Gasteiger partial charge in [-0.25, -0.2) is 0 Å². The number of hydrogen-bond donors (Lipinski definition) is 1. The third-order valence-electron chi connectivity index (χ3n) is 4.31. The molecular weight excluding hydrogens is 284 g/mol. The Kier molecular flexibility index (Phi) is 4.58. The highest BCUT2D eigenvalue weighted by molar-refractivity contribution is 5.91. The largest absolute Gasteiger partial charge is 0.496 e. The predicted octanol–water partition coefficient (Wildman–Crippen LogP) is 4.66. The Labute approximate surface area is 137 Å². The Hall–Kier alpha value is -2.39. The molecule has 0 aliphatic heterocycles. The first-order valence-electron chi connectivity index (χ1n) is 7.92. The Bertz CT molecular complexity index is 786. The SMILES string of the molecule is COc1ccc([C@@H](C)N[C@@H](C)c2ccncc2)c2ccccc12. The van der Waals surface area contributed by atoms with Crippen LogP contribution in [0.25, 0.3) is 10.8 Å². The summed E-state index contributed by atoms with van der Waals surface area (Å²) in [5.74, 6) is 0.915. The normalized spacial score (nSPS) is 13.7. The first kappa shape index (κ1) is 15.5. The highest BCUT2D eigenvalue weighted by Crippen LogP contribution is 2.32. The van der Waals surface area contributed by atoms with Gasteiger partial charge in [0, 0.05) is 29.9 Å². The van der Waals surface area contributed by atoms with E-state index >= 15 is 0 Å². The molecule has 0 aliphatic carbocycles. The quantitative estimate of drug-likeness (QED) is 0.744. The average Bonchev–Trinajstić information content (AvgIpc) is 2.61. The summed E-state index contributed by atoms with van der Waals surface area (Å²) in [4.78, 5) is 4.08. The van der Waals surface area contributed by atoms with Crippen LogP contribution in [0, 0.1) is 0 Å². The minimum Gasteiger partial charge on any atom is -0.496 e. The summed E-state index contributed by atoms with van der Waals surface area (Å²) in [6, 6.07) is 17.2. The number of aromatic nitrogens is 1. The number of fused-ring (bicyclic) bond motifs is 1. The van der Waals surface area contributed by atoms with Crippen LogP contribution in [-0.4, -0.2) is 12.1 Å². The zero-order valence-corrected chi connectivity index (χ0v) is 13.8. The van der Waals surface area contributed by atoms with Crippen LogP contribution in [0.5, 0.6) is 5.75 Å². The van der Waals surface area contributed by atoms with E-state index < -0.39 is 0 Å². The molecule has 0 spiro atoms.